The number of amides is 3. The van der Waals surface area contributed by atoms with Crippen LogP contribution >= 0.6 is 0 Å². The standard InChI is InChI=1S/C38H36F4N6O3/c1-3-47-36-32(30(45-48(36)28-10-5-4-6-11-28)19-43-34(49)22(2)20-46-21-23-16-29(46)17-23)31(24-12-14-27(39)15-13-24)33(37(47)51)44-35(50)25-8-7-9-26(18-25)38(40,41)42/h4-15,18,23,29,31,33H,2-3,16-17,19-21H2,1H3,(H,43,49)(H,44,50)/t23?,29?,31-,33-/m0/s1. The highest BCUT2D eigenvalue weighted by atomic mass is 19.4. The Morgan fingerprint density at radius 1 is 1.00 bits per heavy atom. The zero-order chi connectivity index (χ0) is 36.0. The van der Waals surface area contributed by atoms with Crippen LogP contribution in [0.1, 0.15) is 58.4 Å². The zero-order valence-corrected chi connectivity index (χ0v) is 27.8. The largest absolute Gasteiger partial charge is 0.416 e. The average molecular weight is 701 g/mol. The van der Waals surface area contributed by atoms with Crippen LogP contribution in [0, 0.1) is 11.7 Å². The van der Waals surface area contributed by atoms with E-state index in [0.29, 0.717) is 52.4 Å². The number of alkyl halides is 3. The highest BCUT2D eigenvalue weighted by Crippen LogP contribution is 2.44. The normalized spacial score (nSPS) is 21.2. The molecule has 2 bridgehead atoms. The van der Waals surface area contributed by atoms with Gasteiger partial charge in [-0.1, -0.05) is 43.0 Å². The molecule has 3 aromatic carbocycles. The summed E-state index contributed by atoms with van der Waals surface area (Å²) in [5.41, 5.74) is 1.07. The van der Waals surface area contributed by atoms with Gasteiger partial charge in [0, 0.05) is 48.3 Å². The topological polar surface area (TPSA) is 99.6 Å². The molecule has 9 nitrogen and oxygen atoms in total. The minimum Gasteiger partial charge on any atom is -0.347 e. The first kappa shape index (κ1) is 34.2. The molecule has 3 aliphatic heterocycles. The number of hydrogen-bond acceptors (Lipinski definition) is 5. The molecule has 1 saturated carbocycles. The molecule has 1 aliphatic carbocycles. The van der Waals surface area contributed by atoms with Gasteiger partial charge in [-0.05, 0) is 73.7 Å². The fourth-order valence-corrected chi connectivity index (χ4v) is 7.47. The fourth-order valence-electron chi connectivity index (χ4n) is 7.47. The second-order valence-electron chi connectivity index (χ2n) is 13.3. The molecule has 4 heterocycles. The quantitative estimate of drug-likeness (QED) is 0.166. The first-order chi connectivity index (χ1) is 24.4. The number of nitrogens with zero attached hydrogens (tertiary/aromatic N) is 4. The van der Waals surface area contributed by atoms with Crippen molar-refractivity contribution < 1.29 is 31.9 Å². The van der Waals surface area contributed by atoms with Gasteiger partial charge in [0.2, 0.25) is 5.91 Å². The van der Waals surface area contributed by atoms with E-state index in [2.05, 4.69) is 22.1 Å². The van der Waals surface area contributed by atoms with Crippen LogP contribution in [0.4, 0.5) is 23.4 Å². The molecular formula is C38H36F4N6O3. The molecule has 264 valence electrons. The molecule has 0 radical (unpaired) electrons. The number of aromatic nitrogens is 2. The number of rotatable bonds is 10. The van der Waals surface area contributed by atoms with Gasteiger partial charge in [-0.2, -0.15) is 18.3 Å². The van der Waals surface area contributed by atoms with Gasteiger partial charge in [0.1, 0.15) is 17.7 Å². The predicted octanol–water partition coefficient (Wildman–Crippen LogP) is 5.59. The van der Waals surface area contributed by atoms with Crippen LogP contribution in [0.5, 0.6) is 0 Å². The van der Waals surface area contributed by atoms with Crippen molar-refractivity contribution in [3.8, 4) is 5.69 Å². The van der Waals surface area contributed by atoms with E-state index in [0.717, 1.165) is 37.6 Å². The van der Waals surface area contributed by atoms with Gasteiger partial charge in [-0.15, -0.1) is 0 Å². The maximum atomic E-state index is 14.4. The van der Waals surface area contributed by atoms with E-state index in [4.69, 9.17) is 5.10 Å². The van der Waals surface area contributed by atoms with Crippen molar-refractivity contribution in [1.29, 1.82) is 0 Å². The molecule has 3 amide bonds. The maximum Gasteiger partial charge on any atom is 0.416 e. The van der Waals surface area contributed by atoms with Crippen molar-refractivity contribution in [3.63, 3.8) is 0 Å². The van der Waals surface area contributed by atoms with Crippen LogP contribution in [0.15, 0.2) is 91.0 Å². The van der Waals surface area contributed by atoms with E-state index in [1.54, 1.807) is 11.6 Å². The lowest BCUT2D eigenvalue weighted by atomic mass is 9.80. The lowest BCUT2D eigenvalue weighted by Gasteiger charge is -2.38. The number of anilines is 1. The highest BCUT2D eigenvalue weighted by molar-refractivity contribution is 6.05. The van der Waals surface area contributed by atoms with Crippen molar-refractivity contribution in [2.75, 3.05) is 24.5 Å². The molecule has 8 rings (SSSR count). The molecule has 0 unspecified atom stereocenters. The molecule has 0 spiro atoms. The molecule has 4 aromatic rings. The Kier molecular flexibility index (Phi) is 9.00. The number of likely N-dealkylation sites (N-methyl/N-ethyl adjacent to an activating group) is 1. The molecule has 13 heteroatoms. The van der Waals surface area contributed by atoms with Crippen LogP contribution in [0.3, 0.4) is 0 Å². The van der Waals surface area contributed by atoms with Crippen molar-refractivity contribution in [1.82, 2.24) is 25.3 Å². The van der Waals surface area contributed by atoms with E-state index >= 15 is 0 Å². The van der Waals surface area contributed by atoms with E-state index in [-0.39, 0.29) is 24.6 Å². The summed E-state index contributed by atoms with van der Waals surface area (Å²) in [7, 11) is 0. The van der Waals surface area contributed by atoms with E-state index in [1.165, 1.54) is 35.2 Å². The summed E-state index contributed by atoms with van der Waals surface area (Å²) >= 11 is 0. The number of nitrogens with one attached hydrogen (secondary N) is 2. The number of carbonyl (C=O) groups is 3. The summed E-state index contributed by atoms with van der Waals surface area (Å²) < 4.78 is 56.5. The molecule has 3 fully saturated rings. The summed E-state index contributed by atoms with van der Waals surface area (Å²) in [5, 5.41) is 10.6. The Balaban J connectivity index is 1.30. The fraction of sp³-hybridized carbons (Fsp3) is 0.316. The first-order valence-corrected chi connectivity index (χ1v) is 16.8. The van der Waals surface area contributed by atoms with Crippen molar-refractivity contribution in [2.24, 2.45) is 5.92 Å². The number of carbonyl (C=O) groups excluding carboxylic acids is 3. The minimum absolute atomic E-state index is 0.0657. The van der Waals surface area contributed by atoms with Crippen LogP contribution in [-0.4, -0.2) is 64.1 Å². The lowest BCUT2D eigenvalue weighted by molar-refractivity contribution is -0.137. The third-order valence-electron chi connectivity index (χ3n) is 10.0. The Hall–Kier alpha value is -5.30. The number of halogens is 4. The smallest absolute Gasteiger partial charge is 0.347 e. The van der Waals surface area contributed by atoms with Gasteiger partial charge in [0.15, 0.2) is 0 Å². The second-order valence-corrected chi connectivity index (χ2v) is 13.3. The van der Waals surface area contributed by atoms with Crippen LogP contribution < -0.4 is 15.5 Å². The highest BCUT2D eigenvalue weighted by Gasteiger charge is 2.47. The van der Waals surface area contributed by atoms with Gasteiger partial charge in [0.05, 0.1) is 23.5 Å². The summed E-state index contributed by atoms with van der Waals surface area (Å²) in [5.74, 6) is -2.20. The molecule has 51 heavy (non-hydrogen) atoms. The van der Waals surface area contributed by atoms with Gasteiger partial charge in [-0.25, -0.2) is 9.07 Å². The Morgan fingerprint density at radius 3 is 2.37 bits per heavy atom. The number of benzene rings is 3. The van der Waals surface area contributed by atoms with Crippen molar-refractivity contribution in [2.45, 2.75) is 50.5 Å². The van der Waals surface area contributed by atoms with Crippen LogP contribution in [-0.2, 0) is 22.3 Å². The third kappa shape index (κ3) is 6.53. The second kappa shape index (κ2) is 13.4. The van der Waals surface area contributed by atoms with Crippen molar-refractivity contribution >= 4 is 23.5 Å². The van der Waals surface area contributed by atoms with Crippen molar-refractivity contribution in [3.05, 3.63) is 125 Å². The lowest BCUT2D eigenvalue weighted by Crippen LogP contribution is -2.55. The molecular weight excluding hydrogens is 664 g/mol. The third-order valence-corrected chi connectivity index (χ3v) is 10.0. The number of fused-ring (bicyclic) bond motifs is 2. The predicted molar refractivity (Wildman–Crippen MR) is 182 cm³/mol. The SMILES string of the molecule is C=C(CN1CC2CC1C2)C(=O)NCc1nn(-c2ccccc2)c2c1[C@H](c1ccc(F)cc1)[C@H](NC(=O)c1cccc(C(F)(F)F)c1)C(=O)N2CC. The van der Waals surface area contributed by atoms with Gasteiger partial charge < -0.3 is 10.6 Å². The summed E-state index contributed by atoms with van der Waals surface area (Å²) in [6, 6.07) is 17.6. The Labute approximate surface area is 291 Å². The monoisotopic (exact) mass is 700 g/mol. The van der Waals surface area contributed by atoms with E-state index in [1.807, 2.05) is 30.3 Å². The van der Waals surface area contributed by atoms with Gasteiger partial charge in [-0.3, -0.25) is 24.2 Å². The molecule has 2 N–H and O–H groups in total. The van der Waals surface area contributed by atoms with Crippen LogP contribution in [0.25, 0.3) is 5.69 Å². The van der Waals surface area contributed by atoms with Gasteiger partial charge >= 0.3 is 6.18 Å². The van der Waals surface area contributed by atoms with E-state index < -0.39 is 41.3 Å². The van der Waals surface area contributed by atoms with Gasteiger partial charge in [0.25, 0.3) is 11.8 Å². The minimum atomic E-state index is -4.69. The summed E-state index contributed by atoms with van der Waals surface area (Å²) in [6.07, 6.45) is -2.41. The van der Waals surface area contributed by atoms with E-state index in [9.17, 15) is 31.9 Å². The number of para-hydroxylation sites is 1. The van der Waals surface area contributed by atoms with Crippen LogP contribution in [0.2, 0.25) is 0 Å². The molecule has 2 saturated heterocycles. The first-order valence-electron chi connectivity index (χ1n) is 16.8. The molecule has 2 atom stereocenters. The Morgan fingerprint density at radius 2 is 1.73 bits per heavy atom. The zero-order valence-electron chi connectivity index (χ0n) is 27.8. The summed E-state index contributed by atoms with van der Waals surface area (Å²) in [4.78, 5) is 45.2. The number of hydrogen-bond donors (Lipinski definition) is 2. The molecule has 4 aliphatic rings. The summed E-state index contributed by atoms with van der Waals surface area (Å²) in [6.45, 7) is 7.27. The maximum absolute atomic E-state index is 14.4. The average Bonchev–Trinajstić information content (AvgIpc) is 3.81. The Bertz CT molecular complexity index is 1990. The molecule has 1 aromatic heterocycles.